The summed E-state index contributed by atoms with van der Waals surface area (Å²) in [5.74, 6) is -0.365. The Morgan fingerprint density at radius 3 is 2.45 bits per heavy atom. The molecule has 0 aromatic heterocycles. The van der Waals surface area contributed by atoms with Gasteiger partial charge in [0, 0.05) is 21.7 Å². The van der Waals surface area contributed by atoms with Crippen LogP contribution in [0, 0.1) is 11.3 Å². The number of nitrogens with one attached hydrogen (secondary N) is 1. The minimum absolute atomic E-state index is 0.0203. The van der Waals surface area contributed by atoms with Crippen molar-refractivity contribution in [1.82, 2.24) is 5.32 Å². The van der Waals surface area contributed by atoms with Crippen LogP contribution in [-0.4, -0.2) is 11.9 Å². The Morgan fingerprint density at radius 2 is 1.90 bits per heavy atom. The Hall–Kier alpha value is -1.50. The molecule has 0 spiro atoms. The van der Waals surface area contributed by atoms with E-state index >= 15 is 0 Å². The molecule has 0 aliphatic heterocycles. The number of carbonyl (C=O) groups excluding carboxylic acids is 1. The van der Waals surface area contributed by atoms with Gasteiger partial charge in [-0.1, -0.05) is 42.1 Å². The van der Waals surface area contributed by atoms with E-state index in [9.17, 15) is 4.79 Å². The molecule has 1 aliphatic rings. The lowest BCUT2D eigenvalue weighted by Gasteiger charge is -2.11. The lowest BCUT2D eigenvalue weighted by Crippen LogP contribution is -2.33. The lowest BCUT2D eigenvalue weighted by molar-refractivity contribution is -0.117. The zero-order valence-corrected chi connectivity index (χ0v) is 12.3. The number of halogens is 2. The van der Waals surface area contributed by atoms with Crippen LogP contribution >= 0.6 is 23.2 Å². The van der Waals surface area contributed by atoms with Crippen LogP contribution in [0.5, 0.6) is 0 Å². The zero-order chi connectivity index (χ0) is 14.5. The van der Waals surface area contributed by atoms with E-state index < -0.39 is 0 Å². The van der Waals surface area contributed by atoms with E-state index in [0.717, 1.165) is 25.7 Å². The molecule has 1 fully saturated rings. The molecule has 104 valence electrons. The van der Waals surface area contributed by atoms with Gasteiger partial charge in [-0.05, 0) is 31.1 Å². The fourth-order valence-electron chi connectivity index (χ4n) is 2.27. The van der Waals surface area contributed by atoms with Gasteiger partial charge >= 0.3 is 0 Å². The number of rotatable bonds is 3. The number of benzene rings is 1. The van der Waals surface area contributed by atoms with Crippen LogP contribution in [0.4, 0.5) is 0 Å². The smallest absolute Gasteiger partial charge is 0.262 e. The topological polar surface area (TPSA) is 52.9 Å². The van der Waals surface area contributed by atoms with Gasteiger partial charge in [0.05, 0.1) is 0 Å². The SMILES string of the molecule is N#CC(=Cc1c(Cl)cccc1Cl)C(=O)NC1CCCC1. The molecule has 1 saturated carbocycles. The second kappa shape index (κ2) is 6.78. The van der Waals surface area contributed by atoms with Crippen LogP contribution in [0.1, 0.15) is 31.2 Å². The van der Waals surface area contributed by atoms with E-state index in [2.05, 4.69) is 5.32 Å². The predicted molar refractivity (Wildman–Crippen MR) is 80.5 cm³/mol. The highest BCUT2D eigenvalue weighted by atomic mass is 35.5. The number of hydrogen-bond donors (Lipinski definition) is 1. The molecule has 5 heteroatoms. The number of carbonyl (C=O) groups is 1. The summed E-state index contributed by atoms with van der Waals surface area (Å²) in [6.45, 7) is 0. The first-order chi connectivity index (χ1) is 9.61. The summed E-state index contributed by atoms with van der Waals surface area (Å²) >= 11 is 12.1. The summed E-state index contributed by atoms with van der Waals surface area (Å²) < 4.78 is 0. The second-order valence-electron chi connectivity index (χ2n) is 4.76. The average Bonchev–Trinajstić information content (AvgIpc) is 2.91. The molecular formula is C15H14Cl2N2O. The maximum Gasteiger partial charge on any atom is 0.262 e. The number of amides is 1. The van der Waals surface area contributed by atoms with Gasteiger partial charge in [-0.15, -0.1) is 0 Å². The molecule has 20 heavy (non-hydrogen) atoms. The molecule has 0 radical (unpaired) electrons. The maximum absolute atomic E-state index is 12.1. The Balaban J connectivity index is 2.21. The minimum atomic E-state index is -0.365. The quantitative estimate of drug-likeness (QED) is 0.679. The van der Waals surface area contributed by atoms with Gasteiger partial charge in [0.15, 0.2) is 0 Å². The third-order valence-electron chi connectivity index (χ3n) is 3.34. The Morgan fingerprint density at radius 1 is 1.30 bits per heavy atom. The fraction of sp³-hybridized carbons (Fsp3) is 0.333. The van der Waals surface area contributed by atoms with Crippen molar-refractivity contribution < 1.29 is 4.79 Å². The molecule has 2 rings (SSSR count). The van der Waals surface area contributed by atoms with Crippen LogP contribution in [0.15, 0.2) is 23.8 Å². The number of hydrogen-bond acceptors (Lipinski definition) is 2. The summed E-state index contributed by atoms with van der Waals surface area (Å²) in [6.07, 6.45) is 5.61. The first-order valence-electron chi connectivity index (χ1n) is 6.48. The highest BCUT2D eigenvalue weighted by Crippen LogP contribution is 2.26. The second-order valence-corrected chi connectivity index (χ2v) is 5.57. The van der Waals surface area contributed by atoms with Gasteiger partial charge in [-0.3, -0.25) is 4.79 Å². The third kappa shape index (κ3) is 3.53. The van der Waals surface area contributed by atoms with Gasteiger partial charge < -0.3 is 5.32 Å². The number of nitriles is 1. The molecular weight excluding hydrogens is 295 g/mol. The molecule has 0 saturated heterocycles. The molecule has 1 aromatic rings. The summed E-state index contributed by atoms with van der Waals surface area (Å²) in [5.41, 5.74) is 0.515. The number of nitrogens with zero attached hydrogens (tertiary/aromatic N) is 1. The molecule has 0 atom stereocenters. The first kappa shape index (κ1) is 14.9. The van der Waals surface area contributed by atoms with Crippen molar-refractivity contribution in [3.8, 4) is 6.07 Å². The van der Waals surface area contributed by atoms with Gasteiger partial charge in [-0.25, -0.2) is 0 Å². The standard InChI is InChI=1S/C15H14Cl2N2O/c16-13-6-3-7-14(17)12(13)8-10(9-18)15(20)19-11-4-1-2-5-11/h3,6-8,11H,1-2,4-5H2,(H,19,20). The summed E-state index contributed by atoms with van der Waals surface area (Å²) in [4.78, 5) is 12.1. The Bertz CT molecular complexity index is 564. The highest BCUT2D eigenvalue weighted by Gasteiger charge is 2.19. The van der Waals surface area contributed by atoms with Gasteiger partial charge in [0.25, 0.3) is 5.91 Å². The first-order valence-corrected chi connectivity index (χ1v) is 7.24. The van der Waals surface area contributed by atoms with Crippen molar-refractivity contribution in [2.45, 2.75) is 31.7 Å². The molecule has 1 N–H and O–H groups in total. The van der Waals surface area contributed by atoms with Crippen LogP contribution in [0.3, 0.4) is 0 Å². The third-order valence-corrected chi connectivity index (χ3v) is 4.00. The molecule has 0 heterocycles. The summed E-state index contributed by atoms with van der Waals surface area (Å²) in [5, 5.41) is 12.9. The molecule has 0 bridgehead atoms. The van der Waals surface area contributed by atoms with E-state index in [1.807, 2.05) is 6.07 Å². The largest absolute Gasteiger partial charge is 0.349 e. The molecule has 0 unspecified atom stereocenters. The lowest BCUT2D eigenvalue weighted by atomic mass is 10.1. The Labute approximate surface area is 128 Å². The fourth-order valence-corrected chi connectivity index (χ4v) is 2.78. The van der Waals surface area contributed by atoms with Crippen molar-refractivity contribution in [2.24, 2.45) is 0 Å². The van der Waals surface area contributed by atoms with Crippen molar-refractivity contribution in [3.05, 3.63) is 39.4 Å². The molecule has 3 nitrogen and oxygen atoms in total. The predicted octanol–water partition coefficient (Wildman–Crippen LogP) is 3.96. The summed E-state index contributed by atoms with van der Waals surface area (Å²) in [7, 11) is 0. The minimum Gasteiger partial charge on any atom is -0.349 e. The molecule has 1 aliphatic carbocycles. The van der Waals surface area contributed by atoms with Crippen LogP contribution < -0.4 is 5.32 Å². The van der Waals surface area contributed by atoms with Crippen molar-refractivity contribution in [1.29, 1.82) is 5.26 Å². The van der Waals surface area contributed by atoms with Crippen LogP contribution in [-0.2, 0) is 4.79 Å². The monoisotopic (exact) mass is 308 g/mol. The molecule has 1 aromatic carbocycles. The van der Waals surface area contributed by atoms with Crippen molar-refractivity contribution >= 4 is 35.2 Å². The Kier molecular flexibility index (Phi) is 5.05. The zero-order valence-electron chi connectivity index (χ0n) is 10.8. The van der Waals surface area contributed by atoms with E-state index in [1.165, 1.54) is 6.08 Å². The van der Waals surface area contributed by atoms with Crippen molar-refractivity contribution in [3.63, 3.8) is 0 Å². The van der Waals surface area contributed by atoms with E-state index in [0.29, 0.717) is 15.6 Å². The van der Waals surface area contributed by atoms with Gasteiger partial charge in [-0.2, -0.15) is 5.26 Å². The molecule has 1 amide bonds. The highest BCUT2D eigenvalue weighted by molar-refractivity contribution is 6.37. The summed E-state index contributed by atoms with van der Waals surface area (Å²) in [6, 6.07) is 7.13. The van der Waals surface area contributed by atoms with Crippen molar-refractivity contribution in [2.75, 3.05) is 0 Å². The van der Waals surface area contributed by atoms with E-state index in [-0.39, 0.29) is 17.5 Å². The normalized spacial score (nSPS) is 15.9. The average molecular weight is 309 g/mol. The van der Waals surface area contributed by atoms with Crippen LogP contribution in [0.25, 0.3) is 6.08 Å². The van der Waals surface area contributed by atoms with Gasteiger partial charge in [0.2, 0.25) is 0 Å². The van der Waals surface area contributed by atoms with E-state index in [1.54, 1.807) is 18.2 Å². The van der Waals surface area contributed by atoms with Crippen LogP contribution in [0.2, 0.25) is 10.0 Å². The maximum atomic E-state index is 12.1. The van der Waals surface area contributed by atoms with E-state index in [4.69, 9.17) is 28.5 Å². The van der Waals surface area contributed by atoms with Gasteiger partial charge in [0.1, 0.15) is 11.6 Å².